The van der Waals surface area contributed by atoms with Crippen molar-refractivity contribution in [2.24, 2.45) is 5.41 Å². The molecule has 0 aliphatic carbocycles. The molecule has 0 atom stereocenters. The van der Waals surface area contributed by atoms with Crippen molar-refractivity contribution in [1.29, 1.82) is 0 Å². The van der Waals surface area contributed by atoms with Crippen molar-refractivity contribution >= 4 is 42.5 Å². The fourth-order valence-corrected chi connectivity index (χ4v) is 11.3. The van der Waals surface area contributed by atoms with Gasteiger partial charge >= 0.3 is 31.1 Å². The number of phosphoric acid groups is 2. The number of nitrogens with one attached hydrogen (secondary N) is 2. The van der Waals surface area contributed by atoms with Crippen molar-refractivity contribution < 1.29 is 63.5 Å². The molecular weight excluding hydrogens is 868 g/mol. The zero-order valence-electron chi connectivity index (χ0n) is 32.0. The van der Waals surface area contributed by atoms with E-state index in [0.29, 0.717) is 34.4 Å². The molecule has 2 aliphatic heterocycles. The van der Waals surface area contributed by atoms with Crippen LogP contribution in [0.25, 0.3) is 0 Å². The summed E-state index contributed by atoms with van der Waals surface area (Å²) in [6.07, 6.45) is 0. The van der Waals surface area contributed by atoms with Crippen molar-refractivity contribution in [3.8, 4) is 34.5 Å². The van der Waals surface area contributed by atoms with E-state index in [0.717, 1.165) is 0 Å². The minimum atomic E-state index is -4.10. The van der Waals surface area contributed by atoms with Gasteiger partial charge in [0.2, 0.25) is 0 Å². The van der Waals surface area contributed by atoms with E-state index in [1.54, 1.807) is 121 Å². The molecule has 1 spiro atoms. The highest BCUT2D eigenvalue weighted by molar-refractivity contribution is 7.56. The number of rotatable bonds is 16. The maximum atomic E-state index is 13.9. The predicted octanol–water partition coefficient (Wildman–Crippen LogP) is 11.8. The number of hydrogen-bond acceptors (Lipinski definition) is 14. The molecule has 2 N–H and O–H groups in total. The zero-order valence-corrected chi connectivity index (χ0v) is 35.6. The lowest BCUT2D eigenvalue weighted by atomic mass is 9.93. The molecule has 6 aromatic rings. The molecule has 16 nitrogen and oxygen atoms in total. The minimum Gasteiger partial charge on any atom is -0.404 e. The topological polar surface area (TPSA) is 185 Å². The van der Waals surface area contributed by atoms with Crippen LogP contribution in [0.4, 0.5) is 11.4 Å². The number of phosphoric ester groups is 2. The summed E-state index contributed by atoms with van der Waals surface area (Å²) in [4.78, 5) is 0. The molecular formula is C41H38N2O14P4. The van der Waals surface area contributed by atoms with Crippen LogP contribution in [0.1, 0.15) is 0 Å². The summed E-state index contributed by atoms with van der Waals surface area (Å²) in [5.41, 5.74) is -0.254. The van der Waals surface area contributed by atoms with E-state index in [2.05, 4.69) is 10.2 Å². The number of anilines is 2. The van der Waals surface area contributed by atoms with Gasteiger partial charge in [0.05, 0.1) is 31.8 Å². The number of benzene rings is 6. The first-order chi connectivity index (χ1) is 29.5. The van der Waals surface area contributed by atoms with Crippen LogP contribution in [0.15, 0.2) is 170 Å². The zero-order chi connectivity index (χ0) is 42.2. The Morgan fingerprint density at radius 3 is 0.918 bits per heavy atom. The Kier molecular flexibility index (Phi) is 12.6. The fourth-order valence-electron chi connectivity index (χ4n) is 5.66. The average molecular weight is 907 g/mol. The van der Waals surface area contributed by atoms with Crippen LogP contribution in [-0.2, 0) is 36.4 Å². The lowest BCUT2D eigenvalue weighted by Crippen LogP contribution is -2.46. The van der Waals surface area contributed by atoms with Crippen LogP contribution in [0.3, 0.4) is 0 Å². The van der Waals surface area contributed by atoms with Crippen LogP contribution in [-0.4, -0.2) is 26.4 Å². The van der Waals surface area contributed by atoms with Crippen molar-refractivity contribution in [3.05, 3.63) is 170 Å². The van der Waals surface area contributed by atoms with Gasteiger partial charge in [0.1, 0.15) is 34.5 Å². The minimum absolute atomic E-state index is 0.137. The van der Waals surface area contributed by atoms with E-state index in [1.807, 2.05) is 0 Å². The molecule has 0 saturated carbocycles. The van der Waals surface area contributed by atoms with Gasteiger partial charge in [-0.2, -0.15) is 0 Å². The lowest BCUT2D eigenvalue weighted by Gasteiger charge is -2.41. The van der Waals surface area contributed by atoms with E-state index in [1.165, 1.54) is 48.5 Å². The van der Waals surface area contributed by atoms with Gasteiger partial charge in [0.25, 0.3) is 0 Å². The van der Waals surface area contributed by atoms with Crippen molar-refractivity contribution in [2.75, 3.05) is 36.6 Å². The van der Waals surface area contributed by atoms with E-state index >= 15 is 0 Å². The van der Waals surface area contributed by atoms with Gasteiger partial charge < -0.3 is 27.1 Å². The second-order valence-corrected chi connectivity index (χ2v) is 19.9. The highest BCUT2D eigenvalue weighted by Gasteiger charge is 2.51. The molecule has 2 fully saturated rings. The summed E-state index contributed by atoms with van der Waals surface area (Å²) in [5.74, 6) is 1.59. The van der Waals surface area contributed by atoms with Gasteiger partial charge in [0.15, 0.2) is 0 Å². The van der Waals surface area contributed by atoms with Crippen molar-refractivity contribution in [3.63, 3.8) is 0 Å². The van der Waals surface area contributed by atoms with Crippen LogP contribution < -0.4 is 37.3 Å². The normalized spacial score (nSPS) is 21.4. The monoisotopic (exact) mass is 906 g/mol. The van der Waals surface area contributed by atoms with Crippen molar-refractivity contribution in [1.82, 2.24) is 0 Å². The summed E-state index contributed by atoms with van der Waals surface area (Å²) in [6.45, 7) is -0.677. The van der Waals surface area contributed by atoms with E-state index < -0.39 is 36.6 Å². The van der Waals surface area contributed by atoms with Gasteiger partial charge in [-0.25, -0.2) is 18.3 Å². The molecule has 0 radical (unpaired) electrons. The lowest BCUT2D eigenvalue weighted by molar-refractivity contribution is -0.0853. The van der Waals surface area contributed by atoms with Gasteiger partial charge in [0, 0.05) is 11.4 Å². The third kappa shape index (κ3) is 11.4. The molecule has 6 aromatic carbocycles. The van der Waals surface area contributed by atoms with E-state index in [4.69, 9.17) is 45.2 Å². The highest BCUT2D eigenvalue weighted by Crippen LogP contribution is 2.60. The summed E-state index contributed by atoms with van der Waals surface area (Å²) >= 11 is 0. The quantitative estimate of drug-likeness (QED) is 0.0873. The molecule has 8 rings (SSSR count). The Labute approximate surface area is 351 Å². The largest absolute Gasteiger partial charge is 0.541 e. The first-order valence-corrected chi connectivity index (χ1v) is 24.6. The standard InChI is InChI=1S/C41H38N2O14P4/c44-58(52-35-13-5-1-6-14-35,53-36-15-7-2-8-16-36)42-33-21-25-39(26-22-33)56-60(46)48-29-41(30-49-60)31-50-61(47,51-32-41)57-40-27-23-34(24-28-40)43-59(45,54-37-17-9-3-10-18-37)55-38-19-11-4-12-20-38/h1-28H,29-32H2,(H,42,44)(H,43,45). The van der Waals surface area contributed by atoms with Crippen molar-refractivity contribution in [2.45, 2.75) is 0 Å². The third-order valence-electron chi connectivity index (χ3n) is 8.67. The summed E-state index contributed by atoms with van der Waals surface area (Å²) in [5, 5.41) is 5.64. The van der Waals surface area contributed by atoms with Gasteiger partial charge in [-0.15, -0.1) is 0 Å². The maximum absolute atomic E-state index is 13.9. The second kappa shape index (κ2) is 18.2. The molecule has 0 amide bonds. The Hall–Kier alpha value is -5.52. The molecule has 20 heteroatoms. The summed E-state index contributed by atoms with van der Waals surface area (Å²) < 4.78 is 111. The van der Waals surface area contributed by atoms with E-state index in [-0.39, 0.29) is 37.9 Å². The molecule has 2 heterocycles. The Morgan fingerprint density at radius 2 is 0.656 bits per heavy atom. The fraction of sp³-hybridized carbons (Fsp3) is 0.122. The maximum Gasteiger partial charge on any atom is 0.541 e. The predicted molar refractivity (Wildman–Crippen MR) is 226 cm³/mol. The van der Waals surface area contributed by atoms with Crippen LogP contribution >= 0.6 is 31.1 Å². The molecule has 2 aliphatic rings. The van der Waals surface area contributed by atoms with Gasteiger partial charge in [-0.1, -0.05) is 72.8 Å². The van der Waals surface area contributed by atoms with E-state index in [9.17, 15) is 18.3 Å². The van der Waals surface area contributed by atoms with Crippen LogP contribution in [0.2, 0.25) is 0 Å². The Bertz CT molecular complexity index is 2280. The van der Waals surface area contributed by atoms with Gasteiger partial charge in [-0.05, 0) is 97.1 Å². The third-order valence-corrected chi connectivity index (χ3v) is 14.2. The highest BCUT2D eigenvalue weighted by atomic mass is 31.2. The SMILES string of the molecule is O=P(Nc1ccc(OP2(=O)OCC3(CO2)COP(=O)(Oc2ccc(NP(=O)(Oc4ccccc4)Oc4ccccc4)cc2)OC3)cc1)(Oc1ccccc1)Oc1ccccc1. The average Bonchev–Trinajstić information content (AvgIpc) is 3.26. The summed E-state index contributed by atoms with van der Waals surface area (Å²) in [7, 11) is -16.2. The van der Waals surface area contributed by atoms with Crippen LogP contribution in [0.5, 0.6) is 34.5 Å². The molecule has 316 valence electrons. The first kappa shape index (κ1) is 42.2. The summed E-state index contributed by atoms with van der Waals surface area (Å²) in [6, 6.07) is 46.4. The molecule has 0 aromatic heterocycles. The smallest absolute Gasteiger partial charge is 0.404 e. The Morgan fingerprint density at radius 1 is 0.393 bits per heavy atom. The van der Waals surface area contributed by atoms with Gasteiger partial charge in [-0.3, -0.25) is 28.3 Å². The molecule has 0 unspecified atom stereocenters. The molecule has 61 heavy (non-hydrogen) atoms. The molecule has 0 bridgehead atoms. The second-order valence-electron chi connectivity index (χ2n) is 13.6. The number of hydrogen-bond donors (Lipinski definition) is 2. The number of para-hydroxylation sites is 4. The first-order valence-electron chi connectivity index (χ1n) is 18.6. The Balaban J connectivity index is 0.834. The molecule has 2 saturated heterocycles. The van der Waals surface area contributed by atoms with Crippen LogP contribution in [0, 0.1) is 5.41 Å².